The van der Waals surface area contributed by atoms with Gasteiger partial charge in [-0.1, -0.05) is 13.3 Å². The number of carbonyl (C=O) groups is 2. The van der Waals surface area contributed by atoms with E-state index in [4.69, 9.17) is 9.47 Å². The molecule has 1 aromatic carbocycles. The summed E-state index contributed by atoms with van der Waals surface area (Å²) in [5, 5.41) is 2.61. The summed E-state index contributed by atoms with van der Waals surface area (Å²) in [5.74, 6) is -0.160. The molecule has 2 heterocycles. The number of esters is 1. The van der Waals surface area contributed by atoms with Crippen LogP contribution in [0.1, 0.15) is 37.0 Å². The van der Waals surface area contributed by atoms with E-state index in [1.807, 2.05) is 0 Å². The van der Waals surface area contributed by atoms with Gasteiger partial charge in [-0.15, -0.1) is 0 Å². The lowest BCUT2D eigenvalue weighted by molar-refractivity contribution is -0.123. The van der Waals surface area contributed by atoms with Crippen molar-refractivity contribution in [3.63, 3.8) is 0 Å². The third-order valence-electron chi connectivity index (χ3n) is 3.97. The molecule has 0 fully saturated rings. The highest BCUT2D eigenvalue weighted by Crippen LogP contribution is 2.16. The second-order valence-corrected chi connectivity index (χ2v) is 6.09. The number of fused-ring (bicyclic) bond motifs is 1. The predicted octanol–water partition coefficient (Wildman–Crippen LogP) is 2.72. The monoisotopic (exact) mass is 383 g/mol. The largest absolute Gasteiger partial charge is 0.494 e. The summed E-state index contributed by atoms with van der Waals surface area (Å²) in [6, 6.07) is 6.61. The van der Waals surface area contributed by atoms with Gasteiger partial charge in [0.25, 0.3) is 5.91 Å². The number of anilines is 1. The molecule has 0 radical (unpaired) electrons. The summed E-state index contributed by atoms with van der Waals surface area (Å²) in [6.45, 7) is 4.20. The zero-order chi connectivity index (χ0) is 19.9. The molecule has 0 aliphatic heterocycles. The van der Waals surface area contributed by atoms with Crippen molar-refractivity contribution >= 4 is 28.9 Å². The van der Waals surface area contributed by atoms with Gasteiger partial charge in [0.15, 0.2) is 17.6 Å². The maximum atomic E-state index is 12.3. The van der Waals surface area contributed by atoms with Crippen molar-refractivity contribution in [1.82, 2.24) is 19.9 Å². The minimum atomic E-state index is -1.01. The molecule has 0 saturated heterocycles. The Hall–Kier alpha value is -3.49. The quantitative estimate of drug-likeness (QED) is 0.453. The van der Waals surface area contributed by atoms with E-state index in [0.717, 1.165) is 12.8 Å². The lowest BCUT2D eigenvalue weighted by Crippen LogP contribution is -2.30. The summed E-state index contributed by atoms with van der Waals surface area (Å²) < 4.78 is 10.8. The number of nitrogens with one attached hydrogen (secondary N) is 2. The first-order valence-corrected chi connectivity index (χ1v) is 8.97. The van der Waals surface area contributed by atoms with E-state index in [1.165, 1.54) is 19.6 Å². The second-order valence-electron chi connectivity index (χ2n) is 6.09. The Kier molecular flexibility index (Phi) is 6.15. The maximum absolute atomic E-state index is 12.3. The summed E-state index contributed by atoms with van der Waals surface area (Å²) in [7, 11) is 0. The molecule has 0 saturated carbocycles. The third-order valence-corrected chi connectivity index (χ3v) is 3.97. The van der Waals surface area contributed by atoms with E-state index in [9.17, 15) is 9.59 Å². The fourth-order valence-electron chi connectivity index (χ4n) is 2.38. The van der Waals surface area contributed by atoms with Crippen LogP contribution in [0.15, 0.2) is 36.9 Å². The summed E-state index contributed by atoms with van der Waals surface area (Å²) in [6.07, 6.45) is 3.74. The molecule has 146 valence electrons. The van der Waals surface area contributed by atoms with Crippen LogP contribution >= 0.6 is 0 Å². The molecule has 9 heteroatoms. The molecule has 3 rings (SSSR count). The van der Waals surface area contributed by atoms with Crippen LogP contribution in [0.5, 0.6) is 5.75 Å². The first-order chi connectivity index (χ1) is 13.6. The van der Waals surface area contributed by atoms with Gasteiger partial charge in [-0.2, -0.15) is 0 Å². The number of amides is 1. The number of nitrogens with zero attached hydrogens (tertiary/aromatic N) is 3. The van der Waals surface area contributed by atoms with Gasteiger partial charge >= 0.3 is 5.97 Å². The Morgan fingerprint density at radius 3 is 2.71 bits per heavy atom. The van der Waals surface area contributed by atoms with Gasteiger partial charge in [-0.25, -0.2) is 19.7 Å². The molecule has 1 amide bonds. The van der Waals surface area contributed by atoms with Crippen molar-refractivity contribution in [2.24, 2.45) is 0 Å². The van der Waals surface area contributed by atoms with Gasteiger partial charge in [-0.3, -0.25) is 4.79 Å². The third kappa shape index (κ3) is 4.61. The molecule has 0 aliphatic carbocycles. The highest BCUT2D eigenvalue weighted by atomic mass is 16.5. The van der Waals surface area contributed by atoms with E-state index in [0.29, 0.717) is 29.1 Å². The molecule has 0 aliphatic rings. The molecule has 2 N–H and O–H groups in total. The standard InChI is InChI=1S/C19H21N5O4/c1-3-4-9-27-14-7-5-13(6-8-14)19(26)28-12(2)18(25)24-17-15-16(21-10-20-15)22-11-23-17/h5-8,10-12H,3-4,9H2,1-2H3,(H2,20,21,22,23,24,25). The number of aromatic nitrogens is 4. The molecule has 1 atom stereocenters. The molecule has 3 aromatic rings. The molecular weight excluding hydrogens is 362 g/mol. The number of H-pyrrole nitrogens is 1. The molecule has 2 aromatic heterocycles. The lowest BCUT2D eigenvalue weighted by Gasteiger charge is -2.13. The van der Waals surface area contributed by atoms with Crippen molar-refractivity contribution in [1.29, 1.82) is 0 Å². The van der Waals surface area contributed by atoms with E-state index < -0.39 is 18.0 Å². The van der Waals surface area contributed by atoms with E-state index in [-0.39, 0.29) is 5.82 Å². The summed E-state index contributed by atoms with van der Waals surface area (Å²) in [4.78, 5) is 39.4. The molecular formula is C19H21N5O4. The van der Waals surface area contributed by atoms with E-state index in [2.05, 4.69) is 32.2 Å². The van der Waals surface area contributed by atoms with Crippen LogP contribution in [0.3, 0.4) is 0 Å². The van der Waals surface area contributed by atoms with Crippen LogP contribution in [0.25, 0.3) is 11.2 Å². The molecule has 0 spiro atoms. The van der Waals surface area contributed by atoms with Crippen LogP contribution in [0.4, 0.5) is 5.82 Å². The van der Waals surface area contributed by atoms with E-state index in [1.54, 1.807) is 24.3 Å². The molecule has 9 nitrogen and oxygen atoms in total. The summed E-state index contributed by atoms with van der Waals surface area (Å²) >= 11 is 0. The Morgan fingerprint density at radius 1 is 1.18 bits per heavy atom. The Labute approximate surface area is 161 Å². The minimum absolute atomic E-state index is 0.268. The fraction of sp³-hybridized carbons (Fsp3) is 0.316. The SMILES string of the molecule is CCCCOc1ccc(C(=O)OC(C)C(=O)Nc2ncnc3nc[nH]c23)cc1. The first kappa shape index (κ1) is 19.3. The second kappa shape index (κ2) is 8.94. The van der Waals surface area contributed by atoms with Crippen molar-refractivity contribution in [3.8, 4) is 5.75 Å². The minimum Gasteiger partial charge on any atom is -0.494 e. The van der Waals surface area contributed by atoms with Gasteiger partial charge in [0.2, 0.25) is 0 Å². The van der Waals surface area contributed by atoms with Crippen LogP contribution < -0.4 is 10.1 Å². The van der Waals surface area contributed by atoms with E-state index >= 15 is 0 Å². The maximum Gasteiger partial charge on any atom is 0.338 e. The van der Waals surface area contributed by atoms with Gasteiger partial charge in [0, 0.05) is 0 Å². The number of hydrogen-bond donors (Lipinski definition) is 2. The number of hydrogen-bond acceptors (Lipinski definition) is 7. The molecule has 1 unspecified atom stereocenters. The number of benzene rings is 1. The van der Waals surface area contributed by atoms with Crippen LogP contribution in [0, 0.1) is 0 Å². The van der Waals surface area contributed by atoms with Crippen molar-refractivity contribution in [2.75, 3.05) is 11.9 Å². The van der Waals surface area contributed by atoms with Crippen molar-refractivity contribution in [3.05, 3.63) is 42.5 Å². The molecule has 28 heavy (non-hydrogen) atoms. The van der Waals surface area contributed by atoms with Gasteiger partial charge in [-0.05, 0) is 37.6 Å². The van der Waals surface area contributed by atoms with Crippen molar-refractivity contribution < 1.29 is 19.1 Å². The smallest absolute Gasteiger partial charge is 0.338 e. The Bertz CT molecular complexity index is 954. The van der Waals surface area contributed by atoms with Crippen LogP contribution in [-0.2, 0) is 9.53 Å². The predicted molar refractivity (Wildman–Crippen MR) is 102 cm³/mol. The Balaban J connectivity index is 1.57. The average molecular weight is 383 g/mol. The number of imidazole rings is 1. The average Bonchev–Trinajstić information content (AvgIpc) is 3.18. The first-order valence-electron chi connectivity index (χ1n) is 8.97. The topological polar surface area (TPSA) is 119 Å². The Morgan fingerprint density at radius 2 is 1.96 bits per heavy atom. The number of aromatic amines is 1. The number of carbonyl (C=O) groups excluding carboxylic acids is 2. The highest BCUT2D eigenvalue weighted by molar-refractivity contribution is 6.00. The van der Waals surface area contributed by atoms with Crippen LogP contribution in [-0.4, -0.2) is 44.5 Å². The molecule has 0 bridgehead atoms. The van der Waals surface area contributed by atoms with Gasteiger partial charge < -0.3 is 19.8 Å². The van der Waals surface area contributed by atoms with Crippen molar-refractivity contribution in [2.45, 2.75) is 32.8 Å². The number of unbranched alkanes of at least 4 members (excludes halogenated alkanes) is 1. The van der Waals surface area contributed by atoms with Gasteiger partial charge in [0.05, 0.1) is 18.5 Å². The normalized spacial score (nSPS) is 11.8. The zero-order valence-electron chi connectivity index (χ0n) is 15.6. The number of ether oxygens (including phenoxy) is 2. The van der Waals surface area contributed by atoms with Gasteiger partial charge in [0.1, 0.15) is 17.6 Å². The zero-order valence-corrected chi connectivity index (χ0v) is 15.6. The lowest BCUT2D eigenvalue weighted by atomic mass is 10.2. The number of rotatable bonds is 8. The van der Waals surface area contributed by atoms with Crippen LogP contribution in [0.2, 0.25) is 0 Å². The highest BCUT2D eigenvalue weighted by Gasteiger charge is 2.20. The fourth-order valence-corrected chi connectivity index (χ4v) is 2.38. The summed E-state index contributed by atoms with van der Waals surface area (Å²) in [5.41, 5.74) is 1.25.